The molecule has 0 unspecified atom stereocenters. The molecule has 3 heterocycles. The van der Waals surface area contributed by atoms with Crippen LogP contribution in [0.2, 0.25) is 15.1 Å². The maximum absolute atomic E-state index is 13.0. The number of anilines is 1. The minimum absolute atomic E-state index is 0.0924. The molecule has 1 aliphatic heterocycles. The van der Waals surface area contributed by atoms with Crippen LogP contribution in [0.4, 0.5) is 5.82 Å². The first kappa shape index (κ1) is 29.4. The minimum atomic E-state index is -0.445. The lowest BCUT2D eigenvalue weighted by Gasteiger charge is -2.43. The van der Waals surface area contributed by atoms with E-state index >= 15 is 0 Å². The molecule has 1 amide bonds. The Labute approximate surface area is 265 Å². The van der Waals surface area contributed by atoms with Gasteiger partial charge in [-0.3, -0.25) is 9.36 Å². The van der Waals surface area contributed by atoms with E-state index in [4.69, 9.17) is 44.8 Å². The van der Waals surface area contributed by atoms with E-state index in [0.29, 0.717) is 51.6 Å². The average Bonchev–Trinajstić information content (AvgIpc) is 3.41. The third-order valence-corrected chi connectivity index (χ3v) is 8.86. The number of amides is 1. The van der Waals surface area contributed by atoms with Crippen LogP contribution in [0, 0.1) is 0 Å². The number of fused-ring (bicyclic) bond motifs is 1. The van der Waals surface area contributed by atoms with Crippen LogP contribution in [0.5, 0.6) is 0 Å². The molecule has 5 aromatic rings. The van der Waals surface area contributed by atoms with Gasteiger partial charge in [0.15, 0.2) is 17.0 Å². The van der Waals surface area contributed by atoms with Gasteiger partial charge in [0.2, 0.25) is 5.91 Å². The predicted octanol–water partition coefficient (Wildman–Crippen LogP) is 8.24. The molecule has 0 radical (unpaired) electrons. The van der Waals surface area contributed by atoms with Crippen LogP contribution in [0.3, 0.4) is 0 Å². The lowest BCUT2D eigenvalue weighted by atomic mass is 9.80. The summed E-state index contributed by atoms with van der Waals surface area (Å²) in [4.78, 5) is 29.7. The zero-order valence-electron chi connectivity index (χ0n) is 23.7. The average molecular weight is 634 g/mol. The number of hydrogen-bond acceptors (Lipinski definition) is 5. The maximum Gasteiger partial charge on any atom is 0.220 e. The standard InChI is InChI=1S/C33H31Cl3N6O/c1-2-3-9-28(43)40-33(22-7-5-4-6-8-22)16-18-41(19-17-33)31-29-32(38-21-37-31)42(25-13-10-23(34)11-14-25)30(39-29)26-15-12-24(35)20-27(26)36/h4-8,10-15,20-21H,2-3,9,16-19H2,1H3,(H,40,43). The lowest BCUT2D eigenvalue weighted by Crippen LogP contribution is -2.53. The highest BCUT2D eigenvalue weighted by Crippen LogP contribution is 2.39. The molecule has 0 bridgehead atoms. The molecule has 0 atom stereocenters. The van der Waals surface area contributed by atoms with Gasteiger partial charge < -0.3 is 10.2 Å². The van der Waals surface area contributed by atoms with Gasteiger partial charge in [-0.25, -0.2) is 15.0 Å². The topological polar surface area (TPSA) is 75.9 Å². The molecule has 0 aliphatic carbocycles. The lowest BCUT2D eigenvalue weighted by molar-refractivity contribution is -0.123. The Hall–Kier alpha value is -3.65. The molecule has 7 nitrogen and oxygen atoms in total. The molecule has 2 aromatic heterocycles. The summed E-state index contributed by atoms with van der Waals surface area (Å²) in [5, 5.41) is 5.07. The van der Waals surface area contributed by atoms with E-state index in [0.717, 1.165) is 48.3 Å². The highest BCUT2D eigenvalue weighted by molar-refractivity contribution is 6.36. The van der Waals surface area contributed by atoms with Gasteiger partial charge in [0.05, 0.1) is 10.6 Å². The number of carbonyl (C=O) groups is 1. The van der Waals surface area contributed by atoms with Crippen molar-refractivity contribution in [3.8, 4) is 17.1 Å². The molecular formula is C33H31Cl3N6O. The summed E-state index contributed by atoms with van der Waals surface area (Å²) in [6.45, 7) is 3.46. The fourth-order valence-corrected chi connectivity index (χ4v) is 6.43. The highest BCUT2D eigenvalue weighted by atomic mass is 35.5. The van der Waals surface area contributed by atoms with E-state index in [9.17, 15) is 4.79 Å². The normalized spacial score (nSPS) is 14.7. The summed E-state index contributed by atoms with van der Waals surface area (Å²) in [5.41, 5.74) is 3.56. The maximum atomic E-state index is 13.0. The van der Waals surface area contributed by atoms with Gasteiger partial charge in [0.1, 0.15) is 12.2 Å². The second kappa shape index (κ2) is 12.5. The Morgan fingerprint density at radius 1 is 0.930 bits per heavy atom. The number of nitrogens with one attached hydrogen (secondary N) is 1. The summed E-state index contributed by atoms with van der Waals surface area (Å²) < 4.78 is 1.97. The first-order chi connectivity index (χ1) is 20.9. The van der Waals surface area contributed by atoms with Crippen LogP contribution in [0.25, 0.3) is 28.2 Å². The van der Waals surface area contributed by atoms with Crippen molar-refractivity contribution in [1.29, 1.82) is 0 Å². The van der Waals surface area contributed by atoms with Crippen molar-refractivity contribution in [2.24, 2.45) is 0 Å². The fraction of sp³-hybridized carbons (Fsp3) is 0.273. The first-order valence-electron chi connectivity index (χ1n) is 14.4. The molecule has 220 valence electrons. The summed E-state index contributed by atoms with van der Waals surface area (Å²) in [6, 6.07) is 23.2. The molecule has 43 heavy (non-hydrogen) atoms. The number of nitrogens with zero attached hydrogens (tertiary/aromatic N) is 5. The Morgan fingerprint density at radius 2 is 1.65 bits per heavy atom. The number of piperidine rings is 1. The van der Waals surface area contributed by atoms with Crippen molar-refractivity contribution < 1.29 is 4.79 Å². The van der Waals surface area contributed by atoms with E-state index in [1.807, 2.05) is 53.1 Å². The number of hydrogen-bond donors (Lipinski definition) is 1. The van der Waals surface area contributed by atoms with Crippen molar-refractivity contribution in [2.75, 3.05) is 18.0 Å². The molecule has 1 N–H and O–H groups in total. The number of carbonyl (C=O) groups excluding carboxylic acids is 1. The van der Waals surface area contributed by atoms with Gasteiger partial charge in [-0.05, 0) is 67.3 Å². The van der Waals surface area contributed by atoms with E-state index < -0.39 is 5.54 Å². The molecule has 1 aliphatic rings. The van der Waals surface area contributed by atoms with E-state index in [1.165, 1.54) is 0 Å². The highest BCUT2D eigenvalue weighted by Gasteiger charge is 2.38. The van der Waals surface area contributed by atoms with Crippen molar-refractivity contribution >= 4 is 57.7 Å². The number of benzene rings is 3. The second-order valence-electron chi connectivity index (χ2n) is 10.8. The van der Waals surface area contributed by atoms with Gasteiger partial charge in [0.25, 0.3) is 0 Å². The molecular weight excluding hydrogens is 603 g/mol. The van der Waals surface area contributed by atoms with E-state index in [2.05, 4.69) is 34.3 Å². The second-order valence-corrected chi connectivity index (χ2v) is 12.1. The van der Waals surface area contributed by atoms with Crippen LogP contribution in [-0.2, 0) is 10.3 Å². The van der Waals surface area contributed by atoms with Crippen LogP contribution < -0.4 is 10.2 Å². The van der Waals surface area contributed by atoms with Crippen molar-refractivity contribution in [3.05, 3.63) is 99.8 Å². The Balaban J connectivity index is 1.40. The van der Waals surface area contributed by atoms with Crippen LogP contribution in [-0.4, -0.2) is 38.5 Å². The molecule has 0 spiro atoms. The first-order valence-corrected chi connectivity index (χ1v) is 15.6. The molecule has 1 saturated heterocycles. The fourth-order valence-electron chi connectivity index (χ4n) is 5.81. The van der Waals surface area contributed by atoms with Crippen molar-refractivity contribution in [3.63, 3.8) is 0 Å². The van der Waals surface area contributed by atoms with E-state index in [1.54, 1.807) is 18.5 Å². The van der Waals surface area contributed by atoms with Crippen LogP contribution in [0.1, 0.15) is 44.6 Å². The molecule has 6 rings (SSSR count). The van der Waals surface area contributed by atoms with Gasteiger partial charge in [0, 0.05) is 40.8 Å². The van der Waals surface area contributed by atoms with Gasteiger partial charge in [-0.2, -0.15) is 0 Å². The third-order valence-electron chi connectivity index (χ3n) is 8.06. The summed E-state index contributed by atoms with van der Waals surface area (Å²) in [5.74, 6) is 1.46. The number of aromatic nitrogens is 4. The summed E-state index contributed by atoms with van der Waals surface area (Å²) in [7, 11) is 0. The number of unbranched alkanes of at least 4 members (excludes halogenated alkanes) is 1. The third kappa shape index (κ3) is 5.94. The predicted molar refractivity (Wildman–Crippen MR) is 174 cm³/mol. The van der Waals surface area contributed by atoms with Crippen molar-refractivity contribution in [2.45, 2.75) is 44.6 Å². The van der Waals surface area contributed by atoms with E-state index in [-0.39, 0.29) is 5.91 Å². The van der Waals surface area contributed by atoms with Crippen molar-refractivity contribution in [1.82, 2.24) is 24.8 Å². The summed E-state index contributed by atoms with van der Waals surface area (Å²) >= 11 is 19.1. The van der Waals surface area contributed by atoms with Crippen LogP contribution in [0.15, 0.2) is 79.1 Å². The smallest absolute Gasteiger partial charge is 0.220 e. The molecule has 0 saturated carbocycles. The largest absolute Gasteiger partial charge is 0.354 e. The number of imidazole rings is 1. The Morgan fingerprint density at radius 3 is 2.35 bits per heavy atom. The summed E-state index contributed by atoms with van der Waals surface area (Å²) in [6.07, 6.45) is 5.42. The zero-order valence-corrected chi connectivity index (χ0v) is 26.0. The Kier molecular flexibility index (Phi) is 8.57. The molecule has 3 aromatic carbocycles. The van der Waals surface area contributed by atoms with Crippen LogP contribution >= 0.6 is 34.8 Å². The SMILES string of the molecule is CCCCC(=O)NC1(c2ccccc2)CCN(c2ncnc3c2nc(-c2ccc(Cl)cc2Cl)n3-c2ccc(Cl)cc2)CC1. The quantitative estimate of drug-likeness (QED) is 0.186. The number of rotatable bonds is 8. The van der Waals surface area contributed by atoms with Gasteiger partial charge in [-0.1, -0.05) is 78.5 Å². The van der Waals surface area contributed by atoms with Gasteiger partial charge >= 0.3 is 0 Å². The monoisotopic (exact) mass is 632 g/mol. The minimum Gasteiger partial charge on any atom is -0.354 e. The number of halogens is 3. The zero-order chi connectivity index (χ0) is 30.0. The Bertz CT molecular complexity index is 1750. The molecule has 10 heteroatoms. The molecule has 1 fully saturated rings. The van der Waals surface area contributed by atoms with Gasteiger partial charge in [-0.15, -0.1) is 0 Å².